The molecule has 1 fully saturated rings. The molecule has 0 spiro atoms. The zero-order valence-electron chi connectivity index (χ0n) is 11.3. The van der Waals surface area contributed by atoms with Crippen LogP contribution in [0.25, 0.3) is 0 Å². The molecule has 19 heavy (non-hydrogen) atoms. The lowest BCUT2D eigenvalue weighted by Gasteiger charge is -2.23. The molecule has 0 radical (unpaired) electrons. The number of hydrogen-bond donors (Lipinski definition) is 0. The molecule has 0 aliphatic carbocycles. The van der Waals surface area contributed by atoms with Gasteiger partial charge in [-0.3, -0.25) is 14.3 Å². The minimum absolute atomic E-state index is 0.203. The Bertz CT molecular complexity index is 578. The van der Waals surface area contributed by atoms with E-state index in [-0.39, 0.29) is 29.6 Å². The van der Waals surface area contributed by atoms with Crippen LogP contribution in [0.4, 0.5) is 5.82 Å². The van der Waals surface area contributed by atoms with Gasteiger partial charge in [-0.15, -0.1) is 0 Å². The summed E-state index contributed by atoms with van der Waals surface area (Å²) < 4.78 is 1.40. The molecule has 0 unspecified atom stereocenters. The van der Waals surface area contributed by atoms with Gasteiger partial charge in [0.1, 0.15) is 11.6 Å². The summed E-state index contributed by atoms with van der Waals surface area (Å²) in [4.78, 5) is 25.9. The van der Waals surface area contributed by atoms with Crippen molar-refractivity contribution in [1.29, 1.82) is 5.26 Å². The molecule has 6 nitrogen and oxygen atoms in total. The largest absolute Gasteiger partial charge is 0.274 e. The van der Waals surface area contributed by atoms with Crippen LogP contribution in [0.15, 0.2) is 6.20 Å². The third-order valence-electron chi connectivity index (χ3n) is 3.99. The van der Waals surface area contributed by atoms with Crippen molar-refractivity contribution < 1.29 is 9.59 Å². The lowest BCUT2D eigenvalue weighted by atomic mass is 9.81. The molecule has 1 aliphatic heterocycles. The highest BCUT2D eigenvalue weighted by molar-refractivity contribution is 6.22. The number of hydrogen-bond acceptors (Lipinski definition) is 4. The lowest BCUT2D eigenvalue weighted by Crippen LogP contribution is -2.36. The highest BCUT2D eigenvalue weighted by Gasteiger charge is 2.51. The number of aryl methyl sites for hydroxylation is 1. The summed E-state index contributed by atoms with van der Waals surface area (Å²) in [6.45, 7) is 3.82. The molecule has 0 N–H and O–H groups in total. The van der Waals surface area contributed by atoms with Crippen LogP contribution in [0.2, 0.25) is 0 Å². The number of aromatic nitrogens is 2. The van der Waals surface area contributed by atoms with Gasteiger partial charge in [-0.25, -0.2) is 4.90 Å². The maximum absolute atomic E-state index is 12.6. The lowest BCUT2D eigenvalue weighted by molar-refractivity contribution is -0.126. The average Bonchev–Trinajstić information content (AvgIpc) is 2.88. The second kappa shape index (κ2) is 4.50. The molecule has 2 heterocycles. The van der Waals surface area contributed by atoms with Crippen LogP contribution in [-0.4, -0.2) is 21.6 Å². The van der Waals surface area contributed by atoms with Crippen molar-refractivity contribution in [2.45, 2.75) is 33.1 Å². The van der Waals surface area contributed by atoms with Gasteiger partial charge >= 0.3 is 0 Å². The Kier molecular flexibility index (Phi) is 3.14. The van der Waals surface area contributed by atoms with E-state index in [0.717, 1.165) is 4.90 Å². The molecule has 1 aliphatic rings. The Morgan fingerprint density at radius 1 is 1.42 bits per heavy atom. The zero-order chi connectivity index (χ0) is 14.2. The minimum Gasteiger partial charge on any atom is -0.274 e. The number of nitriles is 1. The number of carbonyl (C=O) groups excluding carboxylic acids is 2. The molecular weight excluding hydrogens is 244 g/mol. The van der Waals surface area contributed by atoms with E-state index in [1.165, 1.54) is 10.9 Å². The SMILES string of the molecule is CCC1(CC)CC(=O)N(c2c(C#N)cnn2C)C1=O. The highest BCUT2D eigenvalue weighted by atomic mass is 16.2. The Labute approximate surface area is 111 Å². The van der Waals surface area contributed by atoms with Gasteiger partial charge in [0.05, 0.1) is 11.6 Å². The summed E-state index contributed by atoms with van der Waals surface area (Å²) in [5.41, 5.74) is -0.388. The first-order chi connectivity index (χ1) is 9.00. The fraction of sp³-hybridized carbons (Fsp3) is 0.538. The zero-order valence-corrected chi connectivity index (χ0v) is 11.3. The normalized spacial score (nSPS) is 17.9. The third kappa shape index (κ3) is 1.73. The summed E-state index contributed by atoms with van der Waals surface area (Å²) in [6.07, 6.45) is 2.80. The molecule has 1 aromatic rings. The Hall–Kier alpha value is -2.16. The summed E-state index contributed by atoms with van der Waals surface area (Å²) in [5, 5.41) is 13.0. The van der Waals surface area contributed by atoms with E-state index in [4.69, 9.17) is 5.26 Å². The van der Waals surface area contributed by atoms with Crippen molar-refractivity contribution in [3.8, 4) is 6.07 Å². The van der Waals surface area contributed by atoms with Crippen LogP contribution in [-0.2, 0) is 16.6 Å². The van der Waals surface area contributed by atoms with Gasteiger partial charge in [0.25, 0.3) is 0 Å². The second-order valence-corrected chi connectivity index (χ2v) is 4.82. The van der Waals surface area contributed by atoms with Gasteiger partial charge in [0.2, 0.25) is 11.8 Å². The number of nitrogens with zero attached hydrogens (tertiary/aromatic N) is 4. The molecule has 1 saturated heterocycles. The molecule has 100 valence electrons. The van der Waals surface area contributed by atoms with Crippen molar-refractivity contribution >= 4 is 17.6 Å². The number of carbonyl (C=O) groups is 2. The smallest absolute Gasteiger partial charge is 0.241 e. The molecule has 0 bridgehead atoms. The van der Waals surface area contributed by atoms with Gasteiger partial charge in [-0.05, 0) is 12.8 Å². The fourth-order valence-electron chi connectivity index (χ4n) is 2.59. The minimum atomic E-state index is -0.631. The van der Waals surface area contributed by atoms with E-state index in [1.54, 1.807) is 7.05 Å². The number of amides is 2. The molecule has 1 aromatic heterocycles. The molecular formula is C13H16N4O2. The van der Waals surface area contributed by atoms with E-state index in [0.29, 0.717) is 12.8 Å². The Balaban J connectivity index is 2.53. The van der Waals surface area contributed by atoms with Crippen LogP contribution in [0.3, 0.4) is 0 Å². The summed E-state index contributed by atoms with van der Waals surface area (Å²) in [5.74, 6) is -0.197. The van der Waals surface area contributed by atoms with E-state index in [2.05, 4.69) is 5.10 Å². The first kappa shape index (κ1) is 13.3. The van der Waals surface area contributed by atoms with Gasteiger partial charge in [0.15, 0.2) is 5.82 Å². The van der Waals surface area contributed by atoms with Gasteiger partial charge in [-0.2, -0.15) is 10.4 Å². The molecule has 0 aromatic carbocycles. The van der Waals surface area contributed by atoms with Gasteiger partial charge < -0.3 is 0 Å². The van der Waals surface area contributed by atoms with Crippen LogP contribution in [0.1, 0.15) is 38.7 Å². The summed E-state index contributed by atoms with van der Waals surface area (Å²) in [7, 11) is 1.62. The average molecular weight is 260 g/mol. The number of rotatable bonds is 3. The Morgan fingerprint density at radius 3 is 2.53 bits per heavy atom. The van der Waals surface area contributed by atoms with Crippen molar-refractivity contribution in [2.75, 3.05) is 4.90 Å². The molecule has 6 heteroatoms. The summed E-state index contributed by atoms with van der Waals surface area (Å²) in [6, 6.07) is 1.97. The van der Waals surface area contributed by atoms with E-state index < -0.39 is 5.41 Å². The molecule has 0 atom stereocenters. The maximum atomic E-state index is 12.6. The summed E-state index contributed by atoms with van der Waals surface area (Å²) >= 11 is 0. The predicted octanol–water partition coefficient (Wildman–Crippen LogP) is 1.36. The van der Waals surface area contributed by atoms with Gasteiger partial charge in [0, 0.05) is 13.5 Å². The standard InChI is InChI=1S/C13H16N4O2/c1-4-13(5-2)6-10(18)17(12(13)19)11-9(7-14)8-15-16(11)3/h8H,4-6H2,1-3H3. The Morgan fingerprint density at radius 2 is 2.05 bits per heavy atom. The van der Waals surface area contributed by atoms with Crippen LogP contribution < -0.4 is 4.90 Å². The fourth-order valence-corrected chi connectivity index (χ4v) is 2.59. The molecule has 2 amide bonds. The van der Waals surface area contributed by atoms with E-state index in [1.807, 2.05) is 19.9 Å². The van der Waals surface area contributed by atoms with Crippen molar-refractivity contribution in [3.63, 3.8) is 0 Å². The van der Waals surface area contributed by atoms with Crippen molar-refractivity contribution in [2.24, 2.45) is 12.5 Å². The van der Waals surface area contributed by atoms with Gasteiger partial charge in [-0.1, -0.05) is 13.8 Å². The van der Waals surface area contributed by atoms with Crippen LogP contribution in [0, 0.1) is 16.7 Å². The van der Waals surface area contributed by atoms with Crippen molar-refractivity contribution in [3.05, 3.63) is 11.8 Å². The molecule has 0 saturated carbocycles. The van der Waals surface area contributed by atoms with E-state index in [9.17, 15) is 9.59 Å². The number of imide groups is 1. The molecule has 2 rings (SSSR count). The monoisotopic (exact) mass is 260 g/mol. The van der Waals surface area contributed by atoms with Crippen molar-refractivity contribution in [1.82, 2.24) is 9.78 Å². The van der Waals surface area contributed by atoms with Crippen LogP contribution in [0.5, 0.6) is 0 Å². The van der Waals surface area contributed by atoms with E-state index >= 15 is 0 Å². The quantitative estimate of drug-likeness (QED) is 0.769. The second-order valence-electron chi connectivity index (χ2n) is 4.82. The third-order valence-corrected chi connectivity index (χ3v) is 3.99. The maximum Gasteiger partial charge on any atom is 0.241 e. The number of anilines is 1. The predicted molar refractivity (Wildman–Crippen MR) is 68.0 cm³/mol. The highest BCUT2D eigenvalue weighted by Crippen LogP contribution is 2.41. The van der Waals surface area contributed by atoms with Crippen LogP contribution >= 0.6 is 0 Å². The topological polar surface area (TPSA) is 79.0 Å². The first-order valence-corrected chi connectivity index (χ1v) is 6.30. The first-order valence-electron chi connectivity index (χ1n) is 6.30.